The lowest BCUT2D eigenvalue weighted by atomic mass is 10.0. The van der Waals surface area contributed by atoms with Crippen molar-refractivity contribution < 1.29 is 38.4 Å². The summed E-state index contributed by atoms with van der Waals surface area (Å²) >= 11 is 0. The van der Waals surface area contributed by atoms with E-state index in [1.54, 1.807) is 63.7 Å². The Balaban J connectivity index is 1.83. The highest BCUT2D eigenvalue weighted by Gasteiger charge is 2.32. The summed E-state index contributed by atoms with van der Waals surface area (Å²) < 4.78 is 22.8. The Morgan fingerprint density at radius 3 is 2.43 bits per heavy atom. The first-order valence-corrected chi connectivity index (χ1v) is 12.1. The van der Waals surface area contributed by atoms with Gasteiger partial charge < -0.3 is 29.4 Å². The molecule has 0 radical (unpaired) electrons. The van der Waals surface area contributed by atoms with Gasteiger partial charge in [-0.1, -0.05) is 0 Å². The summed E-state index contributed by atoms with van der Waals surface area (Å²) in [6.07, 6.45) is 4.11. The lowest BCUT2D eigenvalue weighted by Crippen LogP contribution is -2.40. The molecule has 1 atom stereocenters. The Bertz CT molecular complexity index is 1140. The Morgan fingerprint density at radius 1 is 1.11 bits per heavy atom. The highest BCUT2D eigenvalue weighted by atomic mass is 16.6. The van der Waals surface area contributed by atoms with Crippen molar-refractivity contribution in [2.24, 2.45) is 0 Å². The lowest BCUT2D eigenvalue weighted by molar-refractivity contribution is -0.181. The molecule has 1 unspecified atom stereocenters. The summed E-state index contributed by atoms with van der Waals surface area (Å²) in [7, 11) is 1.21. The monoisotopic (exact) mass is 517 g/mol. The molecule has 11 nitrogen and oxygen atoms in total. The van der Waals surface area contributed by atoms with Crippen molar-refractivity contribution in [2.45, 2.75) is 71.3 Å². The number of nitrogens with one attached hydrogen (secondary N) is 1. The average molecular weight is 518 g/mol. The molecular weight excluding hydrogens is 482 g/mol. The SMILES string of the molecule is COC(=O)c1c(NCC(C)(C)OC(=O)C(=O)OC(C)(C)C)ccc(-c2ccnn2C2CCCCO2)c1O. The van der Waals surface area contributed by atoms with Gasteiger partial charge in [-0.15, -0.1) is 0 Å². The molecule has 37 heavy (non-hydrogen) atoms. The van der Waals surface area contributed by atoms with Crippen molar-refractivity contribution in [2.75, 3.05) is 25.6 Å². The van der Waals surface area contributed by atoms with Gasteiger partial charge in [-0.05, 0) is 72.1 Å². The van der Waals surface area contributed by atoms with Crippen LogP contribution >= 0.6 is 0 Å². The standard InChI is InChI=1S/C26H35N3O8/c1-25(2,3)36-23(32)24(33)37-26(4,5)15-27-17-11-10-16(21(30)20(17)22(31)34-6)18-12-13-28-29(18)19-9-7-8-14-35-19/h10-13,19,27,30H,7-9,14-15H2,1-6H3. The second kappa shape index (κ2) is 11.2. The fourth-order valence-electron chi connectivity index (χ4n) is 3.88. The second-order valence-electron chi connectivity index (χ2n) is 10.4. The number of phenols is 1. The normalized spacial score (nSPS) is 16.1. The van der Waals surface area contributed by atoms with Gasteiger partial charge in [-0.2, -0.15) is 5.10 Å². The molecule has 202 valence electrons. The van der Waals surface area contributed by atoms with E-state index in [4.69, 9.17) is 18.9 Å². The molecule has 0 bridgehead atoms. The number of aromatic hydroxyl groups is 1. The molecule has 0 saturated carbocycles. The Morgan fingerprint density at radius 2 is 1.81 bits per heavy atom. The zero-order valence-electron chi connectivity index (χ0n) is 22.1. The van der Waals surface area contributed by atoms with Gasteiger partial charge in [0.15, 0.2) is 6.23 Å². The average Bonchev–Trinajstić information content (AvgIpc) is 3.31. The zero-order chi connectivity index (χ0) is 27.4. The fraction of sp³-hybridized carbons (Fsp3) is 0.538. The number of ether oxygens (including phenoxy) is 4. The maximum Gasteiger partial charge on any atom is 0.418 e. The molecule has 1 fully saturated rings. The van der Waals surface area contributed by atoms with E-state index < -0.39 is 29.1 Å². The van der Waals surface area contributed by atoms with E-state index in [1.165, 1.54) is 7.11 Å². The van der Waals surface area contributed by atoms with E-state index in [1.807, 2.05) is 0 Å². The molecule has 11 heteroatoms. The van der Waals surface area contributed by atoms with Crippen molar-refractivity contribution in [3.05, 3.63) is 30.0 Å². The van der Waals surface area contributed by atoms with Gasteiger partial charge >= 0.3 is 17.9 Å². The smallest absolute Gasteiger partial charge is 0.418 e. The van der Waals surface area contributed by atoms with Crippen LogP contribution in [0.15, 0.2) is 24.4 Å². The third kappa shape index (κ3) is 7.00. The molecule has 1 saturated heterocycles. The van der Waals surface area contributed by atoms with Crippen LogP contribution in [0.3, 0.4) is 0 Å². The molecule has 0 aliphatic carbocycles. The number of nitrogens with zero attached hydrogens (tertiary/aromatic N) is 2. The number of anilines is 1. The predicted octanol–water partition coefficient (Wildman–Crippen LogP) is 3.82. The van der Waals surface area contributed by atoms with Crippen molar-refractivity contribution in [1.82, 2.24) is 9.78 Å². The van der Waals surface area contributed by atoms with Crippen LogP contribution in [0.2, 0.25) is 0 Å². The molecule has 2 heterocycles. The minimum atomic E-state index is -1.16. The van der Waals surface area contributed by atoms with Crippen LogP contribution in [-0.4, -0.2) is 64.3 Å². The number of methoxy groups -OCH3 is 1. The topological polar surface area (TPSA) is 138 Å². The summed E-state index contributed by atoms with van der Waals surface area (Å²) in [6, 6.07) is 5.01. The van der Waals surface area contributed by atoms with Crippen molar-refractivity contribution in [3.63, 3.8) is 0 Å². The van der Waals surface area contributed by atoms with Gasteiger partial charge in [0.2, 0.25) is 0 Å². The highest BCUT2D eigenvalue weighted by molar-refractivity contribution is 6.29. The van der Waals surface area contributed by atoms with Crippen LogP contribution in [0.5, 0.6) is 5.75 Å². The minimum absolute atomic E-state index is 0.0121. The van der Waals surface area contributed by atoms with Gasteiger partial charge in [0.1, 0.15) is 22.5 Å². The molecule has 1 aliphatic rings. The lowest BCUT2D eigenvalue weighted by Gasteiger charge is -2.27. The van der Waals surface area contributed by atoms with E-state index in [-0.39, 0.29) is 29.8 Å². The van der Waals surface area contributed by atoms with Crippen molar-refractivity contribution in [1.29, 1.82) is 0 Å². The molecule has 1 aliphatic heterocycles. The van der Waals surface area contributed by atoms with E-state index in [9.17, 15) is 19.5 Å². The van der Waals surface area contributed by atoms with Crippen LogP contribution in [0.25, 0.3) is 11.3 Å². The van der Waals surface area contributed by atoms with Gasteiger partial charge in [0.05, 0.1) is 25.0 Å². The quantitative estimate of drug-likeness (QED) is 0.317. The zero-order valence-corrected chi connectivity index (χ0v) is 22.1. The van der Waals surface area contributed by atoms with Gasteiger partial charge in [0.25, 0.3) is 0 Å². The Labute approximate surface area is 216 Å². The first-order chi connectivity index (χ1) is 17.3. The number of esters is 3. The van der Waals surface area contributed by atoms with Gasteiger partial charge in [-0.25, -0.2) is 19.1 Å². The molecule has 1 aromatic carbocycles. The first kappa shape index (κ1) is 28.0. The van der Waals surface area contributed by atoms with E-state index in [0.29, 0.717) is 17.9 Å². The molecule has 2 aromatic rings. The molecule has 0 amide bonds. The maximum absolute atomic E-state index is 12.7. The first-order valence-electron chi connectivity index (χ1n) is 12.1. The second-order valence-corrected chi connectivity index (χ2v) is 10.4. The van der Waals surface area contributed by atoms with E-state index in [2.05, 4.69) is 10.4 Å². The van der Waals surface area contributed by atoms with Crippen molar-refractivity contribution in [3.8, 4) is 17.0 Å². The number of phenolic OH excluding ortho intramolecular Hbond substituents is 1. The Kier molecular flexibility index (Phi) is 8.47. The maximum atomic E-state index is 12.7. The molecule has 1 aromatic heterocycles. The van der Waals surface area contributed by atoms with Gasteiger partial charge in [-0.3, -0.25) is 0 Å². The third-order valence-corrected chi connectivity index (χ3v) is 5.58. The van der Waals surface area contributed by atoms with Gasteiger partial charge in [0, 0.05) is 18.4 Å². The minimum Gasteiger partial charge on any atom is -0.506 e. The predicted molar refractivity (Wildman–Crippen MR) is 134 cm³/mol. The third-order valence-electron chi connectivity index (χ3n) is 5.58. The highest BCUT2D eigenvalue weighted by Crippen LogP contribution is 2.39. The van der Waals surface area contributed by atoms with Crippen molar-refractivity contribution >= 4 is 23.6 Å². The summed E-state index contributed by atoms with van der Waals surface area (Å²) in [5.41, 5.74) is -0.861. The summed E-state index contributed by atoms with van der Waals surface area (Å²) in [5.74, 6) is -3.29. The number of carbonyl (C=O) groups is 3. The number of carbonyl (C=O) groups excluding carboxylic acids is 3. The summed E-state index contributed by atoms with van der Waals surface area (Å²) in [5, 5.41) is 18.5. The van der Waals surface area contributed by atoms with Crippen LogP contribution in [0.4, 0.5) is 5.69 Å². The summed E-state index contributed by atoms with van der Waals surface area (Å²) in [6.45, 7) is 8.76. The van der Waals surface area contributed by atoms with Crippen LogP contribution in [0.1, 0.15) is 70.5 Å². The summed E-state index contributed by atoms with van der Waals surface area (Å²) in [4.78, 5) is 36.9. The molecule has 2 N–H and O–H groups in total. The fourth-order valence-corrected chi connectivity index (χ4v) is 3.88. The van der Waals surface area contributed by atoms with Crippen LogP contribution < -0.4 is 5.32 Å². The largest absolute Gasteiger partial charge is 0.506 e. The number of rotatable bonds is 7. The Hall–Kier alpha value is -3.60. The number of aromatic nitrogens is 2. The molecule has 3 rings (SSSR count). The molecule has 0 spiro atoms. The van der Waals surface area contributed by atoms with E-state index in [0.717, 1.165) is 19.3 Å². The van der Waals surface area contributed by atoms with Crippen LogP contribution in [0, 0.1) is 0 Å². The number of hydrogen-bond acceptors (Lipinski definition) is 10. The van der Waals surface area contributed by atoms with E-state index >= 15 is 0 Å². The van der Waals surface area contributed by atoms with Crippen LogP contribution in [-0.2, 0) is 28.5 Å². The number of hydrogen-bond donors (Lipinski definition) is 2. The number of benzene rings is 1. The molecular formula is C26H35N3O8.